The lowest BCUT2D eigenvalue weighted by atomic mass is 10.2. The van der Waals surface area contributed by atoms with E-state index in [1.807, 2.05) is 0 Å². The first-order valence-corrected chi connectivity index (χ1v) is 4.64. The lowest BCUT2D eigenvalue weighted by Gasteiger charge is -2.11. The van der Waals surface area contributed by atoms with Crippen molar-refractivity contribution < 1.29 is 31.5 Å². The number of carbonyl (C=O) groups is 1. The summed E-state index contributed by atoms with van der Waals surface area (Å²) in [5, 5.41) is 1.53. The summed E-state index contributed by atoms with van der Waals surface area (Å²) in [5.41, 5.74) is 0.0267. The van der Waals surface area contributed by atoms with Gasteiger partial charge in [0.25, 0.3) is 0 Å². The highest BCUT2D eigenvalue weighted by molar-refractivity contribution is 5.95. The van der Waals surface area contributed by atoms with Crippen molar-refractivity contribution in [2.24, 2.45) is 0 Å². The molecule has 1 aromatic carbocycles. The van der Waals surface area contributed by atoms with Gasteiger partial charge in [-0.1, -0.05) is 6.07 Å². The Kier molecular flexibility index (Phi) is 4.10. The van der Waals surface area contributed by atoms with Gasteiger partial charge in [-0.3, -0.25) is 4.79 Å². The van der Waals surface area contributed by atoms with E-state index < -0.39 is 18.7 Å². The number of carbonyl (C=O) groups excluding carboxylic acids is 1. The number of rotatable bonds is 3. The zero-order chi connectivity index (χ0) is 13.9. The maximum absolute atomic E-state index is 12.0. The molecule has 0 aliphatic heterocycles. The van der Waals surface area contributed by atoms with E-state index in [4.69, 9.17) is 0 Å². The molecule has 0 aromatic heterocycles. The van der Waals surface area contributed by atoms with E-state index >= 15 is 0 Å². The summed E-state index contributed by atoms with van der Waals surface area (Å²) in [4.78, 5) is 10.6. The maximum Gasteiger partial charge on any atom is 0.471 e. The third-order valence-corrected chi connectivity index (χ3v) is 1.92. The summed E-state index contributed by atoms with van der Waals surface area (Å²) in [7, 11) is 0. The van der Waals surface area contributed by atoms with Crippen LogP contribution in [0.1, 0.15) is 5.56 Å². The minimum Gasteiger partial charge on any atom is -0.434 e. The van der Waals surface area contributed by atoms with Crippen LogP contribution in [-0.4, -0.2) is 18.7 Å². The second-order valence-electron chi connectivity index (χ2n) is 3.31. The first kappa shape index (κ1) is 14.2. The van der Waals surface area contributed by atoms with Crippen LogP contribution >= 0.6 is 0 Å². The van der Waals surface area contributed by atoms with E-state index in [1.165, 1.54) is 18.3 Å². The molecule has 100 valence electrons. The maximum atomic E-state index is 12.0. The highest BCUT2D eigenvalue weighted by atomic mass is 19.4. The summed E-state index contributed by atoms with van der Waals surface area (Å²) < 4.78 is 64.0. The van der Waals surface area contributed by atoms with Gasteiger partial charge in [0.2, 0.25) is 0 Å². The summed E-state index contributed by atoms with van der Waals surface area (Å²) in [6, 6.07) is 3.30. The molecule has 18 heavy (non-hydrogen) atoms. The van der Waals surface area contributed by atoms with E-state index in [9.17, 15) is 26.7 Å². The molecule has 0 aliphatic rings. The predicted molar refractivity (Wildman–Crippen MR) is 52.5 cm³/mol. The second kappa shape index (κ2) is 5.19. The van der Waals surface area contributed by atoms with Crippen LogP contribution in [0.3, 0.4) is 0 Å². The molecule has 0 heterocycles. The molecule has 3 nitrogen and oxygen atoms in total. The topological polar surface area (TPSA) is 38.3 Å². The smallest absolute Gasteiger partial charge is 0.434 e. The number of benzene rings is 1. The third kappa shape index (κ3) is 3.86. The molecule has 1 aromatic rings. The van der Waals surface area contributed by atoms with Crippen LogP contribution in [0.15, 0.2) is 18.2 Å². The van der Waals surface area contributed by atoms with Gasteiger partial charge in [0.1, 0.15) is 5.75 Å². The van der Waals surface area contributed by atoms with Crippen molar-refractivity contribution in [3.63, 3.8) is 0 Å². The van der Waals surface area contributed by atoms with Crippen molar-refractivity contribution in [1.82, 2.24) is 0 Å². The van der Waals surface area contributed by atoms with Crippen LogP contribution in [0.4, 0.5) is 27.6 Å². The van der Waals surface area contributed by atoms with Gasteiger partial charge in [-0.2, -0.15) is 22.0 Å². The molecule has 1 N–H and O–H groups in total. The van der Waals surface area contributed by atoms with Crippen LogP contribution in [0.2, 0.25) is 0 Å². The Hall–Kier alpha value is -1.86. The van der Waals surface area contributed by atoms with Gasteiger partial charge in [-0.25, -0.2) is 0 Å². The van der Waals surface area contributed by atoms with Crippen molar-refractivity contribution in [2.45, 2.75) is 19.7 Å². The van der Waals surface area contributed by atoms with Gasteiger partial charge in [-0.05, 0) is 18.6 Å². The normalized spacial score (nSPS) is 11.5. The number of ether oxygens (including phenoxy) is 1. The molecule has 1 rings (SSSR count). The standard InChI is InChI=1S/C10H8F5NO2/c1-5-2-3-6(4-7(5)18-9(11)12)16-8(17)10(13,14)15/h2-4,9H,1H3,(H,16,17). The number of hydrogen-bond acceptors (Lipinski definition) is 2. The molecule has 0 fully saturated rings. The molecule has 0 unspecified atom stereocenters. The SMILES string of the molecule is Cc1ccc(NC(=O)C(F)(F)F)cc1OC(F)F. The van der Waals surface area contributed by atoms with Crippen LogP contribution < -0.4 is 10.1 Å². The quantitative estimate of drug-likeness (QED) is 0.856. The van der Waals surface area contributed by atoms with Gasteiger partial charge in [0.05, 0.1) is 0 Å². The van der Waals surface area contributed by atoms with E-state index in [0.29, 0.717) is 5.56 Å². The minimum absolute atomic E-state index is 0.279. The highest BCUT2D eigenvalue weighted by Crippen LogP contribution is 2.25. The fourth-order valence-electron chi connectivity index (χ4n) is 1.10. The number of hydrogen-bond donors (Lipinski definition) is 1. The molecular formula is C10H8F5NO2. The largest absolute Gasteiger partial charge is 0.471 e. The van der Waals surface area contributed by atoms with Gasteiger partial charge in [-0.15, -0.1) is 0 Å². The lowest BCUT2D eigenvalue weighted by Crippen LogP contribution is -2.29. The number of halogens is 5. The van der Waals surface area contributed by atoms with Crippen LogP contribution in [0.5, 0.6) is 5.75 Å². The molecular weight excluding hydrogens is 261 g/mol. The number of anilines is 1. The van der Waals surface area contributed by atoms with E-state index in [1.54, 1.807) is 0 Å². The molecule has 1 amide bonds. The lowest BCUT2D eigenvalue weighted by molar-refractivity contribution is -0.167. The Morgan fingerprint density at radius 1 is 1.33 bits per heavy atom. The fraction of sp³-hybridized carbons (Fsp3) is 0.300. The first-order chi connectivity index (χ1) is 8.20. The number of aryl methyl sites for hydroxylation is 1. The van der Waals surface area contributed by atoms with Gasteiger partial charge >= 0.3 is 18.7 Å². The molecule has 0 atom stereocenters. The Balaban J connectivity index is 2.89. The van der Waals surface area contributed by atoms with Crippen LogP contribution in [-0.2, 0) is 4.79 Å². The zero-order valence-corrected chi connectivity index (χ0v) is 9.02. The van der Waals surface area contributed by atoms with Gasteiger partial charge in [0, 0.05) is 11.8 Å². The van der Waals surface area contributed by atoms with Crippen molar-refractivity contribution >= 4 is 11.6 Å². The molecule has 0 aliphatic carbocycles. The van der Waals surface area contributed by atoms with Crippen molar-refractivity contribution in [1.29, 1.82) is 0 Å². The average molecular weight is 269 g/mol. The Bertz CT molecular complexity index is 444. The number of alkyl halides is 5. The molecule has 8 heteroatoms. The summed E-state index contributed by atoms with van der Waals surface area (Å²) >= 11 is 0. The first-order valence-electron chi connectivity index (χ1n) is 4.64. The number of amides is 1. The zero-order valence-electron chi connectivity index (χ0n) is 9.02. The highest BCUT2D eigenvalue weighted by Gasteiger charge is 2.38. The van der Waals surface area contributed by atoms with Gasteiger partial charge in [0.15, 0.2) is 0 Å². The van der Waals surface area contributed by atoms with E-state index in [0.717, 1.165) is 12.1 Å². The number of nitrogens with one attached hydrogen (secondary N) is 1. The second-order valence-corrected chi connectivity index (χ2v) is 3.31. The van der Waals surface area contributed by atoms with E-state index in [2.05, 4.69) is 4.74 Å². The Morgan fingerprint density at radius 3 is 2.44 bits per heavy atom. The van der Waals surface area contributed by atoms with Crippen LogP contribution in [0, 0.1) is 6.92 Å². The molecule has 0 bridgehead atoms. The van der Waals surface area contributed by atoms with Crippen LogP contribution in [0.25, 0.3) is 0 Å². The Labute approximate surface area is 98.5 Å². The molecule has 0 saturated carbocycles. The fourth-order valence-corrected chi connectivity index (χ4v) is 1.10. The summed E-state index contributed by atoms with van der Waals surface area (Å²) in [6.07, 6.45) is -5.05. The Morgan fingerprint density at radius 2 is 1.94 bits per heavy atom. The summed E-state index contributed by atoms with van der Waals surface area (Å²) in [5.74, 6) is -2.49. The van der Waals surface area contributed by atoms with Crippen molar-refractivity contribution in [2.75, 3.05) is 5.32 Å². The van der Waals surface area contributed by atoms with Crippen molar-refractivity contribution in [3.05, 3.63) is 23.8 Å². The minimum atomic E-state index is -5.05. The predicted octanol–water partition coefficient (Wildman–Crippen LogP) is 3.10. The summed E-state index contributed by atoms with van der Waals surface area (Å²) in [6.45, 7) is -1.66. The van der Waals surface area contributed by atoms with Crippen molar-refractivity contribution in [3.8, 4) is 5.75 Å². The average Bonchev–Trinajstić information content (AvgIpc) is 2.20. The monoisotopic (exact) mass is 269 g/mol. The van der Waals surface area contributed by atoms with Gasteiger partial charge < -0.3 is 10.1 Å². The molecule has 0 radical (unpaired) electrons. The third-order valence-electron chi connectivity index (χ3n) is 1.92. The molecule has 0 spiro atoms. The molecule has 0 saturated heterocycles. The van der Waals surface area contributed by atoms with E-state index in [-0.39, 0.29) is 11.4 Å².